The Morgan fingerprint density at radius 2 is 1.96 bits per heavy atom. The number of methoxy groups -OCH3 is 2. The smallest absolute Gasteiger partial charge is 0.294 e. The van der Waals surface area contributed by atoms with Gasteiger partial charge in [-0.1, -0.05) is 23.5 Å². The first-order valence-electron chi connectivity index (χ1n) is 7.21. The van der Waals surface area contributed by atoms with Crippen molar-refractivity contribution in [3.8, 4) is 11.5 Å². The molecule has 0 fully saturated rings. The van der Waals surface area contributed by atoms with Crippen molar-refractivity contribution in [1.29, 1.82) is 0 Å². The van der Waals surface area contributed by atoms with Crippen LogP contribution in [0.3, 0.4) is 0 Å². The highest BCUT2D eigenvalue weighted by molar-refractivity contribution is 7.92. The molecule has 0 aliphatic rings. The lowest BCUT2D eigenvalue weighted by molar-refractivity contribution is 0.409. The maximum absolute atomic E-state index is 12.6. The summed E-state index contributed by atoms with van der Waals surface area (Å²) in [6.45, 7) is 4.14. The van der Waals surface area contributed by atoms with E-state index in [0.29, 0.717) is 22.8 Å². The highest BCUT2D eigenvalue weighted by Gasteiger charge is 2.19. The zero-order chi connectivity index (χ0) is 18.0. The van der Waals surface area contributed by atoms with E-state index in [1.165, 1.54) is 17.4 Å². The van der Waals surface area contributed by atoms with Gasteiger partial charge in [0, 0.05) is 6.54 Å². The average molecular weight is 397 g/mol. The van der Waals surface area contributed by atoms with Crippen molar-refractivity contribution in [1.82, 2.24) is 4.57 Å². The molecule has 0 spiro atoms. The molecule has 0 saturated carbocycles. The normalized spacial score (nSPS) is 12.5. The molecule has 2 heterocycles. The first-order chi connectivity index (χ1) is 12.0. The van der Waals surface area contributed by atoms with Crippen LogP contribution in [0.4, 0.5) is 0 Å². The summed E-state index contributed by atoms with van der Waals surface area (Å²) in [5, 5.41) is 1.71. The van der Waals surface area contributed by atoms with E-state index in [2.05, 4.69) is 11.0 Å². The molecule has 0 bridgehead atoms. The Bertz CT molecular complexity index is 1080. The van der Waals surface area contributed by atoms with Gasteiger partial charge in [0.1, 0.15) is 25.9 Å². The van der Waals surface area contributed by atoms with Gasteiger partial charge in [0.2, 0.25) is 4.80 Å². The number of fused-ring (bicyclic) bond motifs is 1. The third-order valence-corrected chi connectivity index (χ3v) is 7.30. The van der Waals surface area contributed by atoms with Gasteiger partial charge >= 0.3 is 0 Å². The first-order valence-corrected chi connectivity index (χ1v) is 10.3. The average Bonchev–Trinajstić information content (AvgIpc) is 3.24. The third-order valence-electron chi connectivity index (χ3n) is 3.45. The van der Waals surface area contributed by atoms with Crippen LogP contribution in [0.25, 0.3) is 10.2 Å². The number of rotatable bonds is 6. The molecule has 3 aromatic rings. The van der Waals surface area contributed by atoms with Gasteiger partial charge in [-0.2, -0.15) is 8.42 Å². The molecule has 132 valence electrons. The second-order valence-electron chi connectivity index (χ2n) is 4.93. The highest BCUT2D eigenvalue weighted by Crippen LogP contribution is 2.35. The molecule has 9 heteroatoms. The molecule has 0 N–H and O–H groups in total. The van der Waals surface area contributed by atoms with Crippen molar-refractivity contribution in [2.45, 2.75) is 10.8 Å². The molecule has 0 saturated heterocycles. The van der Waals surface area contributed by atoms with Gasteiger partial charge in [0.05, 0.1) is 14.2 Å². The summed E-state index contributed by atoms with van der Waals surface area (Å²) in [5.74, 6) is 1.25. The Labute approximate surface area is 153 Å². The van der Waals surface area contributed by atoms with Crippen LogP contribution in [0.1, 0.15) is 0 Å². The Hall–Kier alpha value is -2.10. The van der Waals surface area contributed by atoms with Crippen LogP contribution >= 0.6 is 22.7 Å². The van der Waals surface area contributed by atoms with Crippen molar-refractivity contribution >= 4 is 42.9 Å². The minimum atomic E-state index is -3.78. The van der Waals surface area contributed by atoms with E-state index in [4.69, 9.17) is 9.47 Å². The lowest BCUT2D eigenvalue weighted by atomic mass is 10.3. The van der Waals surface area contributed by atoms with Crippen LogP contribution in [0.5, 0.6) is 11.5 Å². The SMILES string of the molecule is C=CCn1c(=NS(=O)(=O)c2cccs2)sc2c(OC)ccc(OC)c21. The molecular formula is C16H16N2O4S3. The lowest BCUT2D eigenvalue weighted by Gasteiger charge is -2.08. The van der Waals surface area contributed by atoms with Gasteiger partial charge < -0.3 is 14.0 Å². The molecule has 0 aliphatic carbocycles. The van der Waals surface area contributed by atoms with Crippen LogP contribution in [0, 0.1) is 0 Å². The molecule has 1 aromatic carbocycles. The molecule has 0 radical (unpaired) electrons. The van der Waals surface area contributed by atoms with Crippen molar-refractivity contribution < 1.29 is 17.9 Å². The van der Waals surface area contributed by atoms with Gasteiger partial charge in [0.25, 0.3) is 10.0 Å². The summed E-state index contributed by atoms with van der Waals surface area (Å²) >= 11 is 2.37. The fourth-order valence-electron chi connectivity index (χ4n) is 2.38. The Morgan fingerprint density at radius 1 is 1.24 bits per heavy atom. The summed E-state index contributed by atoms with van der Waals surface area (Å²) in [4.78, 5) is 0.339. The standard InChI is InChI=1S/C16H16N2O4S3/c1-4-9-18-14-11(21-2)7-8-12(22-3)15(14)24-16(18)17-25(19,20)13-6-5-10-23-13/h4-8,10H,1,9H2,2-3H3. The number of aromatic nitrogens is 1. The predicted molar refractivity (Wildman–Crippen MR) is 100 cm³/mol. The van der Waals surface area contributed by atoms with Crippen LogP contribution in [0.15, 0.2) is 50.9 Å². The molecule has 25 heavy (non-hydrogen) atoms. The minimum Gasteiger partial charge on any atom is -0.495 e. The Morgan fingerprint density at radius 3 is 2.56 bits per heavy atom. The third kappa shape index (κ3) is 3.22. The van der Waals surface area contributed by atoms with Gasteiger partial charge in [-0.25, -0.2) is 0 Å². The van der Waals surface area contributed by atoms with Gasteiger partial charge in [-0.15, -0.1) is 22.3 Å². The molecule has 0 amide bonds. The van der Waals surface area contributed by atoms with Gasteiger partial charge in [-0.05, 0) is 23.6 Å². The summed E-state index contributed by atoms with van der Waals surface area (Å²) < 4.78 is 42.7. The topological polar surface area (TPSA) is 69.9 Å². The van der Waals surface area contributed by atoms with E-state index in [-0.39, 0.29) is 4.21 Å². The fourth-order valence-corrected chi connectivity index (χ4v) is 5.70. The zero-order valence-electron chi connectivity index (χ0n) is 13.6. The second-order valence-corrected chi connectivity index (χ2v) is 8.69. The fraction of sp³-hybridized carbons (Fsp3) is 0.188. The van der Waals surface area contributed by atoms with E-state index in [1.54, 1.807) is 48.4 Å². The van der Waals surface area contributed by atoms with Crippen molar-refractivity contribution in [2.75, 3.05) is 14.2 Å². The number of nitrogens with zero attached hydrogens (tertiary/aromatic N) is 2. The number of hydrogen-bond acceptors (Lipinski definition) is 6. The molecule has 6 nitrogen and oxygen atoms in total. The van der Waals surface area contributed by atoms with E-state index >= 15 is 0 Å². The Kier molecular flexibility index (Phi) is 4.98. The van der Waals surface area contributed by atoms with Gasteiger partial charge in [-0.3, -0.25) is 0 Å². The van der Waals surface area contributed by atoms with Gasteiger partial charge in [0.15, 0.2) is 0 Å². The maximum atomic E-state index is 12.6. The molecule has 3 rings (SSSR count). The summed E-state index contributed by atoms with van der Waals surface area (Å²) in [5.41, 5.74) is 0.729. The minimum absolute atomic E-state index is 0.203. The zero-order valence-corrected chi connectivity index (χ0v) is 16.1. The van der Waals surface area contributed by atoms with Crippen LogP contribution < -0.4 is 14.3 Å². The van der Waals surface area contributed by atoms with Crippen molar-refractivity contribution in [3.05, 3.63) is 47.1 Å². The number of thiophene rings is 1. The van der Waals surface area contributed by atoms with Crippen LogP contribution in [0.2, 0.25) is 0 Å². The second kappa shape index (κ2) is 7.03. The molecule has 0 aliphatic heterocycles. The maximum Gasteiger partial charge on any atom is 0.294 e. The van der Waals surface area contributed by atoms with E-state index in [9.17, 15) is 8.42 Å². The largest absolute Gasteiger partial charge is 0.495 e. The number of allylic oxidation sites excluding steroid dienone is 1. The predicted octanol–water partition coefficient (Wildman–Crippen LogP) is 3.26. The van der Waals surface area contributed by atoms with Crippen molar-refractivity contribution in [3.63, 3.8) is 0 Å². The lowest BCUT2D eigenvalue weighted by Crippen LogP contribution is -2.16. The number of sulfonamides is 1. The highest BCUT2D eigenvalue weighted by atomic mass is 32.2. The number of thiazole rings is 1. The van der Waals surface area contributed by atoms with E-state index in [1.807, 2.05) is 0 Å². The van der Waals surface area contributed by atoms with Crippen LogP contribution in [-0.4, -0.2) is 27.2 Å². The number of hydrogen-bond donors (Lipinski definition) is 0. The Balaban J connectivity index is 2.37. The van der Waals surface area contributed by atoms with E-state index in [0.717, 1.165) is 21.6 Å². The van der Waals surface area contributed by atoms with Crippen molar-refractivity contribution in [2.24, 2.45) is 4.40 Å². The molecule has 0 unspecified atom stereocenters. The van der Waals surface area contributed by atoms with E-state index < -0.39 is 10.0 Å². The monoisotopic (exact) mass is 396 g/mol. The summed E-state index contributed by atoms with van der Waals surface area (Å²) in [6.07, 6.45) is 1.68. The summed E-state index contributed by atoms with van der Waals surface area (Å²) in [6, 6.07) is 6.79. The number of ether oxygens (including phenoxy) is 2. The quantitative estimate of drug-likeness (QED) is 0.600. The summed E-state index contributed by atoms with van der Waals surface area (Å²) in [7, 11) is -0.647. The molecule has 2 aromatic heterocycles. The number of benzene rings is 1. The molecular weight excluding hydrogens is 380 g/mol. The first kappa shape index (κ1) is 17.7. The molecule has 0 atom stereocenters. The van der Waals surface area contributed by atoms with Crippen LogP contribution in [-0.2, 0) is 16.6 Å².